The Labute approximate surface area is 163 Å². The summed E-state index contributed by atoms with van der Waals surface area (Å²) >= 11 is 12.0. The number of para-hydroxylation sites is 1. The molecular weight excluding hydrogens is 389 g/mol. The first-order chi connectivity index (χ1) is 11.4. The Morgan fingerprint density at radius 1 is 1.32 bits per heavy atom. The monoisotopic (exact) mass is 409 g/mol. The molecule has 1 fully saturated rings. The number of halogens is 3. The van der Waals surface area contributed by atoms with E-state index in [2.05, 4.69) is 5.32 Å². The molecule has 1 unspecified atom stereocenters. The molecule has 25 heavy (non-hydrogen) atoms. The van der Waals surface area contributed by atoms with Crippen molar-refractivity contribution in [1.29, 1.82) is 0 Å². The van der Waals surface area contributed by atoms with Gasteiger partial charge in [-0.3, -0.25) is 9.59 Å². The van der Waals surface area contributed by atoms with Crippen molar-refractivity contribution < 1.29 is 14.3 Å². The number of amides is 2. The van der Waals surface area contributed by atoms with Crippen LogP contribution in [0.3, 0.4) is 0 Å². The minimum absolute atomic E-state index is 0. The van der Waals surface area contributed by atoms with Crippen molar-refractivity contribution >= 4 is 53.1 Å². The molecule has 3 N–H and O–H groups in total. The smallest absolute Gasteiger partial charge is 0.244 e. The highest BCUT2D eigenvalue weighted by molar-refractivity contribution is 6.39. The van der Waals surface area contributed by atoms with Crippen LogP contribution in [0, 0.1) is 5.92 Å². The van der Waals surface area contributed by atoms with Gasteiger partial charge in [0.25, 0.3) is 0 Å². The van der Waals surface area contributed by atoms with Crippen molar-refractivity contribution in [2.24, 2.45) is 11.7 Å². The third kappa shape index (κ3) is 6.01. The second-order valence-electron chi connectivity index (χ2n) is 5.81. The highest BCUT2D eigenvalue weighted by Gasteiger charge is 2.29. The molecular formula is C16H22Cl3N3O3. The average Bonchev–Trinajstić information content (AvgIpc) is 2.57. The van der Waals surface area contributed by atoms with Crippen LogP contribution in [-0.2, 0) is 14.3 Å². The molecule has 0 spiro atoms. The second kappa shape index (κ2) is 10.2. The zero-order valence-corrected chi connectivity index (χ0v) is 16.2. The standard InChI is InChI=1S/C16H21Cl2N3O3.ClH/c1-21(16(23)14(19)10-5-7-24-8-6-10)9-13(22)20-15-11(17)3-2-4-12(15)18;/h2-4,10,14H,5-9,19H2,1H3,(H,20,22);1H. The summed E-state index contributed by atoms with van der Waals surface area (Å²) in [5.74, 6) is -0.572. The topological polar surface area (TPSA) is 84.7 Å². The lowest BCUT2D eigenvalue weighted by Gasteiger charge is -2.29. The number of benzene rings is 1. The first-order valence-corrected chi connectivity index (χ1v) is 8.48. The number of nitrogens with two attached hydrogens (primary N) is 1. The summed E-state index contributed by atoms with van der Waals surface area (Å²) < 4.78 is 5.27. The summed E-state index contributed by atoms with van der Waals surface area (Å²) in [5.41, 5.74) is 6.38. The molecule has 0 bridgehead atoms. The Morgan fingerprint density at radius 2 is 1.88 bits per heavy atom. The van der Waals surface area contributed by atoms with E-state index in [9.17, 15) is 9.59 Å². The Hall–Kier alpha value is -1.05. The van der Waals surface area contributed by atoms with E-state index in [-0.39, 0.29) is 36.7 Å². The van der Waals surface area contributed by atoms with Crippen molar-refractivity contribution in [1.82, 2.24) is 4.90 Å². The number of ether oxygens (including phenoxy) is 1. The molecule has 1 heterocycles. The van der Waals surface area contributed by atoms with Gasteiger partial charge in [-0.25, -0.2) is 0 Å². The van der Waals surface area contributed by atoms with Crippen LogP contribution in [0.4, 0.5) is 5.69 Å². The third-order valence-electron chi connectivity index (χ3n) is 4.04. The van der Waals surface area contributed by atoms with Crippen LogP contribution >= 0.6 is 35.6 Å². The van der Waals surface area contributed by atoms with Crippen molar-refractivity contribution in [2.45, 2.75) is 18.9 Å². The Balaban J connectivity index is 0.00000312. The van der Waals surface area contributed by atoms with Gasteiger partial charge in [0, 0.05) is 20.3 Å². The molecule has 140 valence electrons. The van der Waals surface area contributed by atoms with Crippen molar-refractivity contribution in [3.05, 3.63) is 28.2 Å². The maximum absolute atomic E-state index is 12.4. The highest BCUT2D eigenvalue weighted by Crippen LogP contribution is 2.29. The fraction of sp³-hybridized carbons (Fsp3) is 0.500. The Bertz CT molecular complexity index is 589. The van der Waals surface area contributed by atoms with Crippen LogP contribution in [-0.4, -0.2) is 49.6 Å². The zero-order valence-electron chi connectivity index (χ0n) is 13.8. The predicted octanol–water partition coefficient (Wildman–Crippen LogP) is 2.57. The van der Waals surface area contributed by atoms with Gasteiger partial charge in [-0.2, -0.15) is 0 Å². The molecule has 9 heteroatoms. The van der Waals surface area contributed by atoms with E-state index in [1.807, 2.05) is 0 Å². The molecule has 2 amide bonds. The number of nitrogens with zero attached hydrogens (tertiary/aromatic N) is 1. The lowest BCUT2D eigenvalue weighted by molar-refractivity contribution is -0.136. The summed E-state index contributed by atoms with van der Waals surface area (Å²) in [4.78, 5) is 25.9. The Morgan fingerprint density at radius 3 is 2.44 bits per heavy atom. The van der Waals surface area contributed by atoms with Gasteiger partial charge in [0.05, 0.1) is 28.3 Å². The SMILES string of the molecule is CN(CC(=O)Nc1c(Cl)cccc1Cl)C(=O)C(N)C1CCOCC1.Cl. The molecule has 2 rings (SSSR count). The second-order valence-corrected chi connectivity index (χ2v) is 6.63. The summed E-state index contributed by atoms with van der Waals surface area (Å²) in [6, 6.07) is 4.30. The maximum Gasteiger partial charge on any atom is 0.244 e. The van der Waals surface area contributed by atoms with Gasteiger partial charge in [-0.15, -0.1) is 12.4 Å². The molecule has 1 aromatic carbocycles. The largest absolute Gasteiger partial charge is 0.381 e. The van der Waals surface area contributed by atoms with E-state index in [1.54, 1.807) is 25.2 Å². The van der Waals surface area contributed by atoms with Crippen molar-refractivity contribution in [3.8, 4) is 0 Å². The predicted molar refractivity (Wildman–Crippen MR) is 101 cm³/mol. The van der Waals surface area contributed by atoms with Crippen LogP contribution in [0.25, 0.3) is 0 Å². The number of nitrogens with one attached hydrogen (secondary N) is 1. The highest BCUT2D eigenvalue weighted by atomic mass is 35.5. The molecule has 0 radical (unpaired) electrons. The lowest BCUT2D eigenvalue weighted by atomic mass is 9.91. The van der Waals surface area contributed by atoms with E-state index >= 15 is 0 Å². The minimum Gasteiger partial charge on any atom is -0.381 e. The number of carbonyl (C=O) groups is 2. The number of hydrogen-bond acceptors (Lipinski definition) is 4. The van der Waals surface area contributed by atoms with Crippen LogP contribution in [0.2, 0.25) is 10.0 Å². The molecule has 1 saturated heterocycles. The van der Waals surface area contributed by atoms with Gasteiger partial charge in [0.2, 0.25) is 11.8 Å². The van der Waals surface area contributed by atoms with Gasteiger partial charge in [0.15, 0.2) is 0 Å². The van der Waals surface area contributed by atoms with E-state index in [0.29, 0.717) is 28.9 Å². The van der Waals surface area contributed by atoms with Gasteiger partial charge in [0.1, 0.15) is 0 Å². The number of carbonyl (C=O) groups excluding carboxylic acids is 2. The molecule has 1 aromatic rings. The Kier molecular flexibility index (Phi) is 8.96. The van der Waals surface area contributed by atoms with E-state index in [0.717, 1.165) is 12.8 Å². The molecule has 0 saturated carbocycles. The van der Waals surface area contributed by atoms with Gasteiger partial charge in [-0.1, -0.05) is 29.3 Å². The van der Waals surface area contributed by atoms with Crippen LogP contribution < -0.4 is 11.1 Å². The van der Waals surface area contributed by atoms with E-state index < -0.39 is 6.04 Å². The molecule has 0 aromatic heterocycles. The van der Waals surface area contributed by atoms with E-state index in [4.69, 9.17) is 33.7 Å². The summed E-state index contributed by atoms with van der Waals surface area (Å²) in [6.45, 7) is 1.10. The van der Waals surface area contributed by atoms with E-state index in [1.165, 1.54) is 4.90 Å². The van der Waals surface area contributed by atoms with Crippen LogP contribution in [0.1, 0.15) is 12.8 Å². The first-order valence-electron chi connectivity index (χ1n) is 7.72. The number of likely N-dealkylation sites (N-methyl/N-ethyl adjacent to an activating group) is 1. The molecule has 1 atom stereocenters. The van der Waals surface area contributed by atoms with Crippen molar-refractivity contribution in [2.75, 3.05) is 32.1 Å². The number of rotatable bonds is 5. The minimum atomic E-state index is -0.629. The number of hydrogen-bond donors (Lipinski definition) is 2. The van der Waals surface area contributed by atoms with Crippen molar-refractivity contribution in [3.63, 3.8) is 0 Å². The fourth-order valence-electron chi connectivity index (χ4n) is 2.62. The van der Waals surface area contributed by atoms with Gasteiger partial charge < -0.3 is 20.7 Å². The summed E-state index contributed by atoms with van der Waals surface area (Å²) in [7, 11) is 1.55. The maximum atomic E-state index is 12.4. The lowest BCUT2D eigenvalue weighted by Crippen LogP contribution is -2.49. The third-order valence-corrected chi connectivity index (χ3v) is 4.67. The van der Waals surface area contributed by atoms with Gasteiger partial charge in [-0.05, 0) is 30.9 Å². The van der Waals surface area contributed by atoms with Crippen LogP contribution in [0.5, 0.6) is 0 Å². The molecule has 1 aliphatic rings. The zero-order chi connectivity index (χ0) is 17.7. The van der Waals surface area contributed by atoms with Gasteiger partial charge >= 0.3 is 0 Å². The number of anilines is 1. The first kappa shape index (κ1) is 22.0. The molecule has 6 nitrogen and oxygen atoms in total. The normalized spacial score (nSPS) is 15.8. The average molecular weight is 411 g/mol. The quantitative estimate of drug-likeness (QED) is 0.781. The molecule has 1 aliphatic heterocycles. The van der Waals surface area contributed by atoms with Crippen LogP contribution in [0.15, 0.2) is 18.2 Å². The molecule has 0 aliphatic carbocycles. The summed E-state index contributed by atoms with van der Waals surface area (Å²) in [5, 5.41) is 3.30. The fourth-order valence-corrected chi connectivity index (χ4v) is 3.11. The summed E-state index contributed by atoms with van der Waals surface area (Å²) in [6.07, 6.45) is 1.50.